The first-order valence-electron chi connectivity index (χ1n) is 3.84. The van der Waals surface area contributed by atoms with E-state index in [-0.39, 0.29) is 6.61 Å². The molecule has 1 aliphatic rings. The summed E-state index contributed by atoms with van der Waals surface area (Å²) in [6.07, 6.45) is -0.354. The molecule has 78 valence electrons. The number of rotatable bonds is 3. The molecule has 0 radical (unpaired) electrons. The average molecular weight is 216 g/mol. The molecule has 1 unspecified atom stereocenters. The van der Waals surface area contributed by atoms with Crippen LogP contribution >= 0.6 is 7.60 Å². The van der Waals surface area contributed by atoms with Gasteiger partial charge >= 0.3 is 13.3 Å². The smallest absolute Gasteiger partial charge is 0.381 e. The van der Waals surface area contributed by atoms with Gasteiger partial charge in [0.25, 0.3) is 0 Å². The lowest BCUT2D eigenvalue weighted by molar-refractivity contribution is 0.0316. The van der Waals surface area contributed by atoms with E-state index in [1.54, 1.807) is 0 Å². The second-order valence-corrected chi connectivity index (χ2v) is 4.89. The molecule has 0 saturated carbocycles. The zero-order valence-electron chi connectivity index (χ0n) is 6.82. The minimum Gasteiger partial charge on any atom is -0.381 e. The highest BCUT2D eigenvalue weighted by Gasteiger charge is 2.50. The van der Waals surface area contributed by atoms with Crippen LogP contribution in [-0.2, 0) is 9.30 Å². The van der Waals surface area contributed by atoms with Crippen LogP contribution in [0.1, 0.15) is 12.8 Å². The van der Waals surface area contributed by atoms with Crippen LogP contribution in [0.5, 0.6) is 0 Å². The van der Waals surface area contributed by atoms with E-state index in [1.165, 1.54) is 0 Å². The fourth-order valence-electron chi connectivity index (χ4n) is 1.21. The van der Waals surface area contributed by atoms with Gasteiger partial charge in [0.15, 0.2) is 0 Å². The van der Waals surface area contributed by atoms with Crippen LogP contribution in [-0.4, -0.2) is 28.7 Å². The van der Waals surface area contributed by atoms with Gasteiger partial charge in [0.1, 0.15) is 0 Å². The van der Waals surface area contributed by atoms with Crippen LogP contribution in [0.15, 0.2) is 0 Å². The first kappa shape index (κ1) is 11.0. The number of halogens is 2. The van der Waals surface area contributed by atoms with Crippen LogP contribution in [0, 0.1) is 5.92 Å². The Bertz CT molecular complexity index is 221. The summed E-state index contributed by atoms with van der Waals surface area (Å²) in [4.78, 5) is 16.7. The summed E-state index contributed by atoms with van der Waals surface area (Å²) in [5.74, 6) is -0.442. The molecule has 0 aromatic rings. The monoisotopic (exact) mass is 216 g/mol. The van der Waals surface area contributed by atoms with Crippen molar-refractivity contribution in [1.29, 1.82) is 0 Å². The minimum atomic E-state index is -5.31. The maximum Gasteiger partial charge on any atom is 0.394 e. The molecule has 0 aromatic heterocycles. The van der Waals surface area contributed by atoms with Gasteiger partial charge in [0, 0.05) is 19.6 Å². The minimum absolute atomic E-state index is 0.162. The van der Waals surface area contributed by atoms with Crippen molar-refractivity contribution >= 4 is 7.60 Å². The molecule has 7 heteroatoms. The third kappa shape index (κ3) is 2.71. The summed E-state index contributed by atoms with van der Waals surface area (Å²) in [7, 11) is -5.31. The van der Waals surface area contributed by atoms with Gasteiger partial charge in [0.2, 0.25) is 0 Å². The predicted octanol–water partition coefficient (Wildman–Crippen LogP) is 1.18. The molecule has 1 fully saturated rings. The van der Waals surface area contributed by atoms with E-state index in [0.717, 1.165) is 0 Å². The predicted molar refractivity (Wildman–Crippen MR) is 40.5 cm³/mol. The number of hydrogen-bond donors (Lipinski definition) is 2. The van der Waals surface area contributed by atoms with Crippen LogP contribution in [0.3, 0.4) is 0 Å². The Labute approximate surface area is 74.1 Å². The fourth-order valence-corrected chi connectivity index (χ4v) is 1.71. The number of alkyl halides is 2. The van der Waals surface area contributed by atoms with E-state index < -0.39 is 25.6 Å². The third-order valence-corrected chi connectivity index (χ3v) is 3.02. The zero-order chi connectivity index (χ0) is 10.1. The lowest BCUT2D eigenvalue weighted by atomic mass is 10.1. The molecule has 13 heavy (non-hydrogen) atoms. The quantitative estimate of drug-likeness (QED) is 0.695. The molecular weight excluding hydrogens is 205 g/mol. The van der Waals surface area contributed by atoms with Gasteiger partial charge in [-0.05, 0) is 12.3 Å². The summed E-state index contributed by atoms with van der Waals surface area (Å²) in [6, 6.07) is 0. The Hall–Kier alpha value is -0.0300. The van der Waals surface area contributed by atoms with Crippen molar-refractivity contribution in [2.75, 3.05) is 13.2 Å². The SMILES string of the molecule is O=P(O)(O)C(F)(F)CC1CCOC1. The first-order chi connectivity index (χ1) is 5.83. The van der Waals surface area contributed by atoms with Gasteiger partial charge in [-0.2, -0.15) is 8.78 Å². The highest BCUT2D eigenvalue weighted by molar-refractivity contribution is 7.53. The number of hydrogen-bond acceptors (Lipinski definition) is 2. The van der Waals surface area contributed by atoms with Gasteiger partial charge in [-0.15, -0.1) is 0 Å². The largest absolute Gasteiger partial charge is 0.394 e. The van der Waals surface area contributed by atoms with E-state index >= 15 is 0 Å². The van der Waals surface area contributed by atoms with Crippen molar-refractivity contribution < 1.29 is 27.9 Å². The Balaban J connectivity index is 2.55. The molecule has 1 saturated heterocycles. The molecule has 0 spiro atoms. The van der Waals surface area contributed by atoms with Gasteiger partial charge in [0.05, 0.1) is 0 Å². The highest BCUT2D eigenvalue weighted by Crippen LogP contribution is 2.56. The lowest BCUT2D eigenvalue weighted by Crippen LogP contribution is -2.21. The Morgan fingerprint density at radius 3 is 2.54 bits per heavy atom. The van der Waals surface area contributed by atoms with Crippen molar-refractivity contribution in [3.05, 3.63) is 0 Å². The summed E-state index contributed by atoms with van der Waals surface area (Å²) >= 11 is 0. The van der Waals surface area contributed by atoms with Crippen LogP contribution in [0.4, 0.5) is 8.78 Å². The average Bonchev–Trinajstić information content (AvgIpc) is 2.35. The van der Waals surface area contributed by atoms with E-state index in [2.05, 4.69) is 0 Å². The van der Waals surface area contributed by atoms with Crippen LogP contribution in [0.2, 0.25) is 0 Å². The van der Waals surface area contributed by atoms with Crippen molar-refractivity contribution in [3.8, 4) is 0 Å². The van der Waals surface area contributed by atoms with Crippen molar-refractivity contribution in [2.45, 2.75) is 18.5 Å². The standard InChI is InChI=1S/C6H11F2O4P/c7-6(8,13(9,10)11)3-5-1-2-12-4-5/h5H,1-4H2,(H2,9,10,11). The molecule has 0 aromatic carbocycles. The number of ether oxygens (including phenoxy) is 1. The normalized spacial score (nSPS) is 25.1. The molecule has 1 heterocycles. The maximum atomic E-state index is 12.8. The van der Waals surface area contributed by atoms with E-state index in [9.17, 15) is 13.3 Å². The van der Waals surface area contributed by atoms with Crippen molar-refractivity contribution in [3.63, 3.8) is 0 Å². The van der Waals surface area contributed by atoms with Gasteiger partial charge in [-0.25, -0.2) is 0 Å². The molecular formula is C6H11F2O4P. The summed E-state index contributed by atoms with van der Waals surface area (Å²) in [5.41, 5.74) is -3.91. The van der Waals surface area contributed by atoms with Crippen molar-refractivity contribution in [1.82, 2.24) is 0 Å². The summed E-state index contributed by atoms with van der Waals surface area (Å²) in [6.45, 7) is 0.553. The Morgan fingerprint density at radius 1 is 1.54 bits per heavy atom. The molecule has 1 rings (SSSR count). The van der Waals surface area contributed by atoms with Crippen molar-refractivity contribution in [2.24, 2.45) is 5.92 Å². The molecule has 4 nitrogen and oxygen atoms in total. The first-order valence-corrected chi connectivity index (χ1v) is 5.45. The fraction of sp³-hybridized carbons (Fsp3) is 1.00. The lowest BCUT2D eigenvalue weighted by Gasteiger charge is -2.19. The Morgan fingerprint density at radius 2 is 2.15 bits per heavy atom. The van der Waals surface area contributed by atoms with Gasteiger partial charge in [-0.3, -0.25) is 4.57 Å². The van der Waals surface area contributed by atoms with E-state index in [4.69, 9.17) is 14.5 Å². The van der Waals surface area contributed by atoms with E-state index in [0.29, 0.717) is 13.0 Å². The molecule has 1 aliphatic heterocycles. The van der Waals surface area contributed by atoms with E-state index in [1.807, 2.05) is 0 Å². The topological polar surface area (TPSA) is 66.8 Å². The molecule has 0 amide bonds. The summed E-state index contributed by atoms with van der Waals surface area (Å²) in [5, 5.41) is 0. The van der Waals surface area contributed by atoms with Gasteiger partial charge in [-0.1, -0.05) is 0 Å². The van der Waals surface area contributed by atoms with Crippen LogP contribution < -0.4 is 0 Å². The zero-order valence-corrected chi connectivity index (χ0v) is 7.71. The second kappa shape index (κ2) is 3.61. The molecule has 0 aliphatic carbocycles. The Kier molecular flexibility index (Phi) is 3.07. The highest BCUT2D eigenvalue weighted by atomic mass is 31.2. The molecule has 0 bridgehead atoms. The second-order valence-electron chi connectivity index (χ2n) is 3.14. The van der Waals surface area contributed by atoms with Gasteiger partial charge < -0.3 is 14.5 Å². The van der Waals surface area contributed by atoms with Crippen LogP contribution in [0.25, 0.3) is 0 Å². The third-order valence-electron chi connectivity index (χ3n) is 1.98. The molecule has 1 atom stereocenters. The molecule has 2 N–H and O–H groups in total. The maximum absolute atomic E-state index is 12.8. The summed E-state index contributed by atoms with van der Waals surface area (Å²) < 4.78 is 40.7.